The highest BCUT2D eigenvalue weighted by Gasteiger charge is 2.45. The minimum atomic E-state index is -0.752. The zero-order valence-corrected chi connectivity index (χ0v) is 10.3. The lowest BCUT2D eigenvalue weighted by atomic mass is 10.2. The van der Waals surface area contributed by atoms with Crippen molar-refractivity contribution in [1.82, 2.24) is 9.80 Å². The van der Waals surface area contributed by atoms with Gasteiger partial charge in [0.1, 0.15) is 0 Å². The third-order valence-corrected chi connectivity index (χ3v) is 2.78. The van der Waals surface area contributed by atoms with E-state index in [1.165, 1.54) is 0 Å². The summed E-state index contributed by atoms with van der Waals surface area (Å²) < 4.78 is 0. The molecule has 0 bridgehead atoms. The van der Waals surface area contributed by atoms with Crippen molar-refractivity contribution >= 4 is 17.8 Å². The standard InChI is InChI=1S/C13H14N2O3/c1-9(2)15-12(17)11(16)14(13(15)18)8-10-6-4-3-5-7-10/h3-7,9H,8H2,1-2H3. The summed E-state index contributed by atoms with van der Waals surface area (Å²) in [4.78, 5) is 37.4. The highest BCUT2D eigenvalue weighted by molar-refractivity contribution is 6.44. The molecule has 1 heterocycles. The Morgan fingerprint density at radius 2 is 1.61 bits per heavy atom. The van der Waals surface area contributed by atoms with Gasteiger partial charge in [0, 0.05) is 6.04 Å². The van der Waals surface area contributed by atoms with E-state index in [0.29, 0.717) is 0 Å². The second-order valence-electron chi connectivity index (χ2n) is 4.43. The zero-order chi connectivity index (χ0) is 13.3. The van der Waals surface area contributed by atoms with Crippen LogP contribution in [0, 0.1) is 0 Å². The summed E-state index contributed by atoms with van der Waals surface area (Å²) in [5.74, 6) is -1.50. The SMILES string of the molecule is CC(C)N1C(=O)C(=O)N(Cc2ccccc2)C1=O. The van der Waals surface area contributed by atoms with Crippen molar-refractivity contribution in [2.45, 2.75) is 26.4 Å². The molecule has 1 aromatic carbocycles. The Kier molecular flexibility index (Phi) is 3.14. The Bertz CT molecular complexity index is 496. The number of urea groups is 1. The van der Waals surface area contributed by atoms with Crippen LogP contribution in [0.5, 0.6) is 0 Å². The average Bonchev–Trinajstić information content (AvgIpc) is 2.55. The molecule has 1 aromatic rings. The van der Waals surface area contributed by atoms with E-state index in [4.69, 9.17) is 0 Å². The molecule has 0 saturated carbocycles. The molecule has 0 aliphatic carbocycles. The summed E-state index contributed by atoms with van der Waals surface area (Å²) in [5.41, 5.74) is 0.817. The normalized spacial score (nSPS) is 16.1. The molecule has 94 valence electrons. The van der Waals surface area contributed by atoms with Crippen LogP contribution >= 0.6 is 0 Å². The van der Waals surface area contributed by atoms with E-state index in [1.54, 1.807) is 13.8 Å². The second-order valence-corrected chi connectivity index (χ2v) is 4.43. The average molecular weight is 246 g/mol. The number of benzene rings is 1. The van der Waals surface area contributed by atoms with Gasteiger partial charge in [0.15, 0.2) is 0 Å². The summed E-state index contributed by atoms with van der Waals surface area (Å²) in [5, 5.41) is 0. The Morgan fingerprint density at radius 1 is 1.00 bits per heavy atom. The molecule has 0 aromatic heterocycles. The topological polar surface area (TPSA) is 57.7 Å². The van der Waals surface area contributed by atoms with Gasteiger partial charge in [0.2, 0.25) is 0 Å². The largest absolute Gasteiger partial charge is 0.334 e. The number of hydrogen-bond acceptors (Lipinski definition) is 3. The highest BCUT2D eigenvalue weighted by Crippen LogP contribution is 2.17. The second kappa shape index (κ2) is 4.60. The molecule has 4 amide bonds. The van der Waals surface area contributed by atoms with Gasteiger partial charge >= 0.3 is 17.8 Å². The van der Waals surface area contributed by atoms with Gasteiger partial charge in [0.05, 0.1) is 6.54 Å². The summed E-state index contributed by atoms with van der Waals surface area (Å²) in [7, 11) is 0. The van der Waals surface area contributed by atoms with Gasteiger partial charge in [-0.25, -0.2) is 4.79 Å². The molecular formula is C13H14N2O3. The van der Waals surface area contributed by atoms with E-state index >= 15 is 0 Å². The van der Waals surface area contributed by atoms with E-state index in [9.17, 15) is 14.4 Å². The van der Waals surface area contributed by atoms with Crippen molar-refractivity contribution in [3.8, 4) is 0 Å². The first-order valence-electron chi connectivity index (χ1n) is 5.75. The number of carbonyl (C=O) groups is 3. The number of carbonyl (C=O) groups excluding carboxylic acids is 3. The fourth-order valence-corrected chi connectivity index (χ4v) is 1.88. The van der Waals surface area contributed by atoms with E-state index in [-0.39, 0.29) is 12.6 Å². The van der Waals surface area contributed by atoms with Crippen molar-refractivity contribution < 1.29 is 14.4 Å². The van der Waals surface area contributed by atoms with Crippen molar-refractivity contribution in [1.29, 1.82) is 0 Å². The Hall–Kier alpha value is -2.17. The van der Waals surface area contributed by atoms with Gasteiger partial charge in [-0.2, -0.15) is 0 Å². The van der Waals surface area contributed by atoms with Crippen LogP contribution in [0.25, 0.3) is 0 Å². The molecule has 1 aliphatic heterocycles. The minimum absolute atomic E-state index is 0.132. The molecule has 2 rings (SSSR count). The predicted octanol–water partition coefficient (Wildman–Crippen LogP) is 1.39. The van der Waals surface area contributed by atoms with Crippen molar-refractivity contribution in [2.75, 3.05) is 0 Å². The van der Waals surface area contributed by atoms with Crippen LogP contribution in [0.1, 0.15) is 19.4 Å². The highest BCUT2D eigenvalue weighted by atomic mass is 16.2. The van der Waals surface area contributed by atoms with Gasteiger partial charge in [-0.15, -0.1) is 0 Å². The first-order chi connectivity index (χ1) is 8.52. The van der Waals surface area contributed by atoms with Crippen molar-refractivity contribution in [2.24, 2.45) is 0 Å². The van der Waals surface area contributed by atoms with Gasteiger partial charge < -0.3 is 0 Å². The van der Waals surface area contributed by atoms with E-state index in [0.717, 1.165) is 15.4 Å². The molecule has 0 unspecified atom stereocenters. The molecule has 0 radical (unpaired) electrons. The molecule has 5 nitrogen and oxygen atoms in total. The Labute approximate surface area is 105 Å². The molecular weight excluding hydrogens is 232 g/mol. The van der Waals surface area contributed by atoms with E-state index in [1.807, 2.05) is 30.3 Å². The molecule has 18 heavy (non-hydrogen) atoms. The molecule has 5 heteroatoms. The molecule has 0 N–H and O–H groups in total. The van der Waals surface area contributed by atoms with E-state index in [2.05, 4.69) is 0 Å². The molecule has 0 atom stereocenters. The van der Waals surface area contributed by atoms with E-state index < -0.39 is 17.8 Å². The maximum absolute atomic E-state index is 12.0. The predicted molar refractivity (Wildman–Crippen MR) is 64.4 cm³/mol. The van der Waals surface area contributed by atoms with Crippen LogP contribution < -0.4 is 0 Å². The first kappa shape index (κ1) is 12.3. The van der Waals surface area contributed by atoms with Crippen LogP contribution in [-0.2, 0) is 16.1 Å². The maximum atomic E-state index is 12.0. The third kappa shape index (κ3) is 1.99. The van der Waals surface area contributed by atoms with Crippen molar-refractivity contribution in [3.05, 3.63) is 35.9 Å². The van der Waals surface area contributed by atoms with Crippen LogP contribution in [0.15, 0.2) is 30.3 Å². The monoisotopic (exact) mass is 246 g/mol. The number of amides is 4. The van der Waals surface area contributed by atoms with Crippen LogP contribution in [-0.4, -0.2) is 33.7 Å². The smallest absolute Gasteiger partial charge is 0.263 e. The molecule has 0 spiro atoms. The number of rotatable bonds is 3. The number of imide groups is 2. The lowest BCUT2D eigenvalue weighted by Gasteiger charge is -2.18. The zero-order valence-electron chi connectivity index (χ0n) is 10.3. The summed E-state index contributed by atoms with van der Waals surface area (Å²) >= 11 is 0. The van der Waals surface area contributed by atoms with Crippen LogP contribution in [0.2, 0.25) is 0 Å². The van der Waals surface area contributed by atoms with Crippen LogP contribution in [0.4, 0.5) is 4.79 Å². The number of hydrogen-bond donors (Lipinski definition) is 0. The third-order valence-electron chi connectivity index (χ3n) is 2.78. The minimum Gasteiger partial charge on any atom is -0.263 e. The lowest BCUT2D eigenvalue weighted by molar-refractivity contribution is -0.144. The fourth-order valence-electron chi connectivity index (χ4n) is 1.88. The summed E-state index contributed by atoms with van der Waals surface area (Å²) in [6.07, 6.45) is 0. The maximum Gasteiger partial charge on any atom is 0.334 e. The summed E-state index contributed by atoms with van der Waals surface area (Å²) in [6, 6.07) is 8.26. The van der Waals surface area contributed by atoms with Crippen molar-refractivity contribution in [3.63, 3.8) is 0 Å². The van der Waals surface area contributed by atoms with Gasteiger partial charge in [0.25, 0.3) is 0 Å². The van der Waals surface area contributed by atoms with Gasteiger partial charge in [-0.05, 0) is 19.4 Å². The quantitative estimate of drug-likeness (QED) is 0.598. The fraction of sp³-hybridized carbons (Fsp3) is 0.308. The Morgan fingerprint density at radius 3 is 2.11 bits per heavy atom. The van der Waals surface area contributed by atoms with Gasteiger partial charge in [-0.3, -0.25) is 19.4 Å². The molecule has 1 saturated heterocycles. The molecule has 1 aliphatic rings. The summed E-state index contributed by atoms with van der Waals surface area (Å²) in [6.45, 7) is 3.54. The molecule has 1 fully saturated rings. The lowest BCUT2D eigenvalue weighted by Crippen LogP contribution is -2.37. The number of nitrogens with zero attached hydrogens (tertiary/aromatic N) is 2. The van der Waals surface area contributed by atoms with Gasteiger partial charge in [-0.1, -0.05) is 30.3 Å². The van der Waals surface area contributed by atoms with Crippen LogP contribution in [0.3, 0.4) is 0 Å². The Balaban J connectivity index is 2.22. The first-order valence-corrected chi connectivity index (χ1v) is 5.75.